The van der Waals surface area contributed by atoms with E-state index >= 15 is 0 Å². The van der Waals surface area contributed by atoms with Crippen LogP contribution in [0.4, 0.5) is 37.7 Å². The Kier molecular flexibility index (Phi) is 20.8. The van der Waals surface area contributed by atoms with E-state index in [4.69, 9.17) is 10.5 Å². The van der Waals surface area contributed by atoms with Crippen molar-refractivity contribution in [3.05, 3.63) is 108 Å². The van der Waals surface area contributed by atoms with Gasteiger partial charge in [0, 0.05) is 85.4 Å². The number of ether oxygens (including phenoxy) is 1. The van der Waals surface area contributed by atoms with E-state index in [1.807, 2.05) is 0 Å². The van der Waals surface area contributed by atoms with Gasteiger partial charge in [0.2, 0.25) is 46.9 Å². The lowest BCUT2D eigenvalue weighted by Crippen LogP contribution is -2.28. The van der Waals surface area contributed by atoms with Gasteiger partial charge in [-0.05, 0) is 88.6 Å². The van der Waals surface area contributed by atoms with Crippen LogP contribution >= 0.6 is 0 Å². The number of nitrogens with two attached hydrogens (primary N) is 1. The standard InChI is InChI=1S/C28H31F3N6O4.C22H22F3N7O2/c1-27(2,3)41-24(40)11-6-16-32-22(38)9-5-10-23(39)33-21-8-4-7-19(17-21)26-36-34-25(35-37-26)18-12-14-20(15-13-18)28(29,30)31;23-22(24,25)16-9-7-14(8-10-16)20-29-31-21(32-30-20)15-3-1-4-17(13-15)28-19(34)6-2-5-18(33)27-12-11-26/h4,7-8,12-15,17H,5-6,9-11,16H2,1-3H3,(H,32,38)(H,33,39);1,3-4,7-10,13H,2,5-6,11-12,26H2,(H,27,33)(H,28,34). The number of alkyl halides is 6. The third-order valence-corrected chi connectivity index (χ3v) is 10.1. The van der Waals surface area contributed by atoms with Gasteiger partial charge in [-0.1, -0.05) is 48.5 Å². The maximum absolute atomic E-state index is 12.8. The van der Waals surface area contributed by atoms with Gasteiger partial charge in [0.25, 0.3) is 0 Å². The molecule has 0 aliphatic carbocycles. The van der Waals surface area contributed by atoms with Crippen LogP contribution < -0.4 is 27.0 Å². The number of anilines is 2. The molecule has 2 aromatic heterocycles. The Hall–Kier alpha value is -8.35. The topological polar surface area (TPSA) is 272 Å². The Morgan fingerprint density at radius 3 is 1.19 bits per heavy atom. The van der Waals surface area contributed by atoms with Gasteiger partial charge in [-0.25, -0.2) is 0 Å². The number of hydrogen-bond acceptors (Lipinski definition) is 15. The van der Waals surface area contributed by atoms with Gasteiger partial charge in [0.05, 0.1) is 11.1 Å². The van der Waals surface area contributed by atoms with Gasteiger partial charge in [-0.3, -0.25) is 24.0 Å². The lowest BCUT2D eigenvalue weighted by Gasteiger charge is -2.19. The summed E-state index contributed by atoms with van der Waals surface area (Å²) in [5, 5.41) is 42.7. The highest BCUT2D eigenvalue weighted by molar-refractivity contribution is 5.92. The first-order valence-corrected chi connectivity index (χ1v) is 23.3. The van der Waals surface area contributed by atoms with Crippen LogP contribution in [-0.2, 0) is 41.1 Å². The molecule has 0 bridgehead atoms. The smallest absolute Gasteiger partial charge is 0.416 e. The number of carbonyl (C=O) groups is 5. The summed E-state index contributed by atoms with van der Waals surface area (Å²) < 4.78 is 81.6. The Bertz CT molecular complexity index is 2850. The molecule has 0 radical (unpaired) electrons. The van der Waals surface area contributed by atoms with Crippen molar-refractivity contribution in [1.82, 2.24) is 51.4 Å². The van der Waals surface area contributed by atoms with Crippen molar-refractivity contribution in [1.29, 1.82) is 0 Å². The fourth-order valence-electron chi connectivity index (χ4n) is 6.52. The average molecular weight is 1050 g/mol. The number of benzene rings is 4. The fraction of sp³-hybridized carbons (Fsp3) is 0.340. The second kappa shape index (κ2) is 27.1. The summed E-state index contributed by atoms with van der Waals surface area (Å²) in [5.41, 5.74) is 5.94. The first-order chi connectivity index (χ1) is 35.6. The van der Waals surface area contributed by atoms with E-state index in [0.29, 0.717) is 72.5 Å². The molecule has 6 rings (SSSR count). The lowest BCUT2D eigenvalue weighted by molar-refractivity contribution is -0.155. The fourth-order valence-corrected chi connectivity index (χ4v) is 6.52. The van der Waals surface area contributed by atoms with Gasteiger partial charge < -0.3 is 31.7 Å². The molecule has 0 unspecified atom stereocenters. The van der Waals surface area contributed by atoms with E-state index < -0.39 is 29.1 Å². The molecule has 0 spiro atoms. The quantitative estimate of drug-likeness (QED) is 0.0278. The summed E-state index contributed by atoms with van der Waals surface area (Å²) >= 11 is 0. The molecule has 4 aromatic carbocycles. The predicted octanol–water partition coefficient (Wildman–Crippen LogP) is 7.77. The van der Waals surface area contributed by atoms with Gasteiger partial charge in [-0.2, -0.15) is 26.3 Å². The van der Waals surface area contributed by atoms with E-state index in [2.05, 4.69) is 62.1 Å². The predicted molar refractivity (Wildman–Crippen MR) is 262 cm³/mol. The lowest BCUT2D eigenvalue weighted by atomic mass is 10.1. The highest BCUT2D eigenvalue weighted by Gasteiger charge is 2.31. The zero-order valence-corrected chi connectivity index (χ0v) is 40.9. The van der Waals surface area contributed by atoms with Crippen LogP contribution in [0, 0.1) is 0 Å². The van der Waals surface area contributed by atoms with Crippen LogP contribution in [0.15, 0.2) is 97.1 Å². The minimum Gasteiger partial charge on any atom is -0.460 e. The Labute approximate surface area is 426 Å². The molecule has 19 nitrogen and oxygen atoms in total. The maximum atomic E-state index is 12.8. The summed E-state index contributed by atoms with van der Waals surface area (Å²) in [4.78, 5) is 59.7. The van der Waals surface area contributed by atoms with Crippen molar-refractivity contribution in [2.75, 3.05) is 30.3 Å². The minimum absolute atomic E-state index is 0.0685. The summed E-state index contributed by atoms with van der Waals surface area (Å²) in [6.45, 7) is 6.47. The zero-order valence-electron chi connectivity index (χ0n) is 40.9. The number of aromatic nitrogens is 8. The average Bonchev–Trinajstić information content (AvgIpc) is 3.36. The molecule has 6 aromatic rings. The van der Waals surface area contributed by atoms with Crippen LogP contribution in [0.1, 0.15) is 83.3 Å². The van der Waals surface area contributed by atoms with E-state index in [0.717, 1.165) is 24.3 Å². The van der Waals surface area contributed by atoms with Crippen LogP contribution in [0.25, 0.3) is 45.6 Å². The third kappa shape index (κ3) is 19.9. The van der Waals surface area contributed by atoms with Crippen molar-refractivity contribution in [2.45, 2.75) is 90.1 Å². The first kappa shape index (κ1) is 57.5. The number of rotatable bonds is 20. The maximum Gasteiger partial charge on any atom is 0.416 e. The van der Waals surface area contributed by atoms with Crippen LogP contribution in [-0.4, -0.2) is 95.6 Å². The van der Waals surface area contributed by atoms with Crippen molar-refractivity contribution in [2.24, 2.45) is 5.73 Å². The summed E-state index contributed by atoms with van der Waals surface area (Å²) in [5.74, 6) is -0.715. The highest BCUT2D eigenvalue weighted by Crippen LogP contribution is 2.32. The SMILES string of the molecule is CC(C)(C)OC(=O)CCCNC(=O)CCCC(=O)Nc1cccc(-c2nnc(-c3ccc(C(F)(F)F)cc3)nn2)c1.NCCNC(=O)CCCC(=O)Nc1cccc(-c2nnc(-c3ccc(C(F)(F)F)cc3)nn2)c1. The number of nitrogens with one attached hydrogen (secondary N) is 4. The van der Waals surface area contributed by atoms with E-state index in [1.165, 1.54) is 24.3 Å². The van der Waals surface area contributed by atoms with E-state index in [9.17, 15) is 50.3 Å². The van der Waals surface area contributed by atoms with Crippen molar-refractivity contribution >= 4 is 41.0 Å². The van der Waals surface area contributed by atoms with E-state index in [1.54, 1.807) is 69.3 Å². The minimum atomic E-state index is -4.44. The van der Waals surface area contributed by atoms with Crippen LogP contribution in [0.3, 0.4) is 0 Å². The molecule has 25 heteroatoms. The first-order valence-electron chi connectivity index (χ1n) is 23.3. The van der Waals surface area contributed by atoms with Crippen molar-refractivity contribution in [3.8, 4) is 45.6 Å². The molecule has 0 saturated heterocycles. The largest absolute Gasteiger partial charge is 0.460 e. The van der Waals surface area contributed by atoms with Crippen molar-refractivity contribution in [3.63, 3.8) is 0 Å². The summed E-state index contributed by atoms with van der Waals surface area (Å²) in [7, 11) is 0. The molecule has 0 aliphatic heterocycles. The third-order valence-electron chi connectivity index (χ3n) is 10.1. The second-order valence-corrected chi connectivity index (χ2v) is 17.4. The second-order valence-electron chi connectivity index (χ2n) is 17.4. The van der Waals surface area contributed by atoms with Crippen LogP contribution in [0.2, 0.25) is 0 Å². The molecular formula is C50H53F6N13O6. The molecule has 0 atom stereocenters. The number of hydrogen-bond donors (Lipinski definition) is 5. The summed E-state index contributed by atoms with van der Waals surface area (Å²) in [6, 6.07) is 22.1. The van der Waals surface area contributed by atoms with Gasteiger partial charge >= 0.3 is 18.3 Å². The Morgan fingerprint density at radius 1 is 0.467 bits per heavy atom. The number of carbonyl (C=O) groups excluding carboxylic acids is 5. The molecule has 4 amide bonds. The number of halogens is 6. The number of nitrogens with zero attached hydrogens (tertiary/aromatic N) is 8. The Balaban J connectivity index is 0.000000282. The van der Waals surface area contributed by atoms with Crippen molar-refractivity contribution < 1.29 is 55.1 Å². The van der Waals surface area contributed by atoms with Gasteiger partial charge in [0.15, 0.2) is 0 Å². The monoisotopic (exact) mass is 1050 g/mol. The number of esters is 1. The van der Waals surface area contributed by atoms with E-state index in [-0.39, 0.29) is 85.0 Å². The zero-order chi connectivity index (χ0) is 54.6. The van der Waals surface area contributed by atoms with Crippen LogP contribution in [0.5, 0.6) is 0 Å². The highest BCUT2D eigenvalue weighted by atomic mass is 19.4. The van der Waals surface area contributed by atoms with Gasteiger partial charge in [-0.15, -0.1) is 40.8 Å². The number of amides is 4. The summed E-state index contributed by atoms with van der Waals surface area (Å²) in [6.07, 6.45) is -6.79. The molecule has 396 valence electrons. The normalized spacial score (nSPS) is 11.4. The Morgan fingerprint density at radius 2 is 0.827 bits per heavy atom. The molecule has 6 N–H and O–H groups in total. The molecule has 75 heavy (non-hydrogen) atoms. The van der Waals surface area contributed by atoms with Gasteiger partial charge in [0.1, 0.15) is 5.60 Å². The molecule has 0 saturated carbocycles. The molecule has 2 heterocycles. The molecular weight excluding hydrogens is 993 g/mol. The molecule has 0 fully saturated rings. The molecule has 0 aliphatic rings.